The third-order valence-corrected chi connectivity index (χ3v) is 6.41. The molecule has 148 valence electrons. The fourth-order valence-corrected chi connectivity index (χ4v) is 3.76. The lowest BCUT2D eigenvalue weighted by atomic mass is 10.3. The van der Waals surface area contributed by atoms with Crippen molar-refractivity contribution in [2.75, 3.05) is 0 Å². The van der Waals surface area contributed by atoms with E-state index in [4.69, 9.17) is 69.6 Å². The SMILES string of the molecule is Clc1cccc(-n2nnnc2Cc2nnnn2-c2cc(Cl)c(Cl)c(Cl)c2Cl)c1Cl. The van der Waals surface area contributed by atoms with Crippen molar-refractivity contribution < 1.29 is 0 Å². The quantitative estimate of drug-likeness (QED) is 0.279. The average Bonchev–Trinajstić information content (AvgIpc) is 3.35. The van der Waals surface area contributed by atoms with Crippen LogP contribution in [0.5, 0.6) is 0 Å². The van der Waals surface area contributed by atoms with Crippen LogP contribution in [0, 0.1) is 0 Å². The van der Waals surface area contributed by atoms with Gasteiger partial charge < -0.3 is 0 Å². The summed E-state index contributed by atoms with van der Waals surface area (Å²) in [6.07, 6.45) is 0.136. The lowest BCUT2D eigenvalue weighted by Crippen LogP contribution is -2.10. The van der Waals surface area contributed by atoms with Gasteiger partial charge in [0.25, 0.3) is 0 Å². The summed E-state index contributed by atoms with van der Waals surface area (Å²) >= 11 is 37.0. The molecule has 4 aromatic rings. The fraction of sp³-hybridized carbons (Fsp3) is 0.0667. The van der Waals surface area contributed by atoms with Crippen molar-refractivity contribution in [2.45, 2.75) is 6.42 Å². The van der Waals surface area contributed by atoms with Crippen molar-refractivity contribution in [1.29, 1.82) is 0 Å². The highest BCUT2D eigenvalue weighted by Gasteiger charge is 2.21. The van der Waals surface area contributed by atoms with Crippen LogP contribution < -0.4 is 0 Å². The molecule has 8 nitrogen and oxygen atoms in total. The molecule has 0 radical (unpaired) electrons. The van der Waals surface area contributed by atoms with Gasteiger partial charge in [-0.1, -0.05) is 75.7 Å². The van der Waals surface area contributed by atoms with Gasteiger partial charge in [-0.3, -0.25) is 0 Å². The van der Waals surface area contributed by atoms with Crippen molar-refractivity contribution in [1.82, 2.24) is 40.4 Å². The molecule has 0 saturated carbocycles. The lowest BCUT2D eigenvalue weighted by molar-refractivity contribution is 0.740. The van der Waals surface area contributed by atoms with Crippen molar-refractivity contribution >= 4 is 69.6 Å². The Morgan fingerprint density at radius 2 is 1.28 bits per heavy atom. The van der Waals surface area contributed by atoms with Gasteiger partial charge in [0.1, 0.15) is 0 Å². The molecule has 0 atom stereocenters. The van der Waals surface area contributed by atoms with E-state index in [-0.39, 0.29) is 26.5 Å². The number of benzene rings is 2. The fourth-order valence-electron chi connectivity index (χ4n) is 2.52. The third-order valence-electron chi connectivity index (χ3n) is 3.86. The molecule has 0 spiro atoms. The maximum Gasteiger partial charge on any atom is 0.164 e. The van der Waals surface area contributed by atoms with E-state index < -0.39 is 0 Å². The normalized spacial score (nSPS) is 11.2. The van der Waals surface area contributed by atoms with Crippen molar-refractivity contribution in [2.24, 2.45) is 0 Å². The number of hydrogen-bond acceptors (Lipinski definition) is 6. The maximum absolute atomic E-state index is 6.31. The molecule has 0 amide bonds. The summed E-state index contributed by atoms with van der Waals surface area (Å²) in [4.78, 5) is 0. The van der Waals surface area contributed by atoms with Gasteiger partial charge in [-0.25, -0.2) is 0 Å². The number of nitrogens with zero attached hydrogens (tertiary/aromatic N) is 8. The van der Waals surface area contributed by atoms with Gasteiger partial charge in [0.2, 0.25) is 0 Å². The molecule has 29 heavy (non-hydrogen) atoms. The molecule has 2 heterocycles. The summed E-state index contributed by atoms with van der Waals surface area (Å²) in [6.45, 7) is 0. The first-order chi connectivity index (χ1) is 13.9. The minimum atomic E-state index is 0.0906. The van der Waals surface area contributed by atoms with Gasteiger partial charge in [-0.2, -0.15) is 9.36 Å². The van der Waals surface area contributed by atoms with Crippen LogP contribution in [-0.2, 0) is 6.42 Å². The standard InChI is InChI=1S/C15H6Cl6N8/c16-6-2-1-3-8(12(6)18)28-10(22-24-26-28)5-11-23-25-27-29(11)9-4-7(17)13(19)15(21)14(9)20/h1-4H,5H2. The molecule has 14 heteroatoms. The Kier molecular flexibility index (Phi) is 5.83. The Labute approximate surface area is 193 Å². The van der Waals surface area contributed by atoms with Crippen molar-refractivity contribution in [3.63, 3.8) is 0 Å². The average molecular weight is 511 g/mol. The van der Waals surface area contributed by atoms with E-state index in [1.165, 1.54) is 15.4 Å². The molecule has 0 bridgehead atoms. The Bertz CT molecular complexity index is 1220. The lowest BCUT2D eigenvalue weighted by Gasteiger charge is -2.11. The van der Waals surface area contributed by atoms with Crippen LogP contribution in [-0.4, -0.2) is 40.4 Å². The number of aromatic nitrogens is 8. The molecule has 0 N–H and O–H groups in total. The van der Waals surface area contributed by atoms with Gasteiger partial charge in [0, 0.05) is 0 Å². The summed E-state index contributed by atoms with van der Waals surface area (Å²) in [5.74, 6) is 0.781. The second-order valence-electron chi connectivity index (χ2n) is 5.58. The summed E-state index contributed by atoms with van der Waals surface area (Å²) in [5.41, 5.74) is 0.861. The first-order valence-electron chi connectivity index (χ1n) is 7.70. The summed E-state index contributed by atoms with van der Waals surface area (Å²) in [6, 6.07) is 6.63. The smallest absolute Gasteiger partial charge is 0.164 e. The van der Waals surface area contributed by atoms with Crippen LogP contribution >= 0.6 is 69.6 Å². The van der Waals surface area contributed by atoms with Gasteiger partial charge in [-0.05, 0) is 39.1 Å². The zero-order valence-electron chi connectivity index (χ0n) is 13.9. The Morgan fingerprint density at radius 3 is 1.93 bits per heavy atom. The van der Waals surface area contributed by atoms with Crippen LogP contribution in [0.4, 0.5) is 0 Å². The number of tetrazole rings is 2. The summed E-state index contributed by atoms with van der Waals surface area (Å²) < 4.78 is 2.81. The van der Waals surface area contributed by atoms with E-state index in [9.17, 15) is 0 Å². The predicted octanol–water partition coefficient (Wildman–Crippen LogP) is 5.15. The van der Waals surface area contributed by atoms with Crippen LogP contribution in [0.1, 0.15) is 11.6 Å². The zero-order valence-corrected chi connectivity index (χ0v) is 18.4. The first kappa shape index (κ1) is 20.6. The van der Waals surface area contributed by atoms with Crippen LogP contribution in [0.3, 0.4) is 0 Å². The largest absolute Gasteiger partial charge is 0.195 e. The highest BCUT2D eigenvalue weighted by atomic mass is 35.5. The van der Waals surface area contributed by atoms with E-state index >= 15 is 0 Å². The maximum atomic E-state index is 6.31. The van der Waals surface area contributed by atoms with Gasteiger partial charge in [-0.15, -0.1) is 10.2 Å². The number of halogens is 6. The second kappa shape index (κ2) is 8.22. The molecular formula is C15H6Cl6N8. The minimum Gasteiger partial charge on any atom is -0.195 e. The molecule has 0 saturated heterocycles. The summed E-state index contributed by atoms with van der Waals surface area (Å²) in [7, 11) is 0. The van der Waals surface area contributed by atoms with Crippen molar-refractivity contribution in [3.8, 4) is 11.4 Å². The topological polar surface area (TPSA) is 87.2 Å². The number of rotatable bonds is 4. The Hall–Kier alpha value is -1.68. The molecule has 2 aromatic heterocycles. The van der Waals surface area contributed by atoms with Gasteiger partial charge >= 0.3 is 0 Å². The predicted molar refractivity (Wildman–Crippen MR) is 111 cm³/mol. The molecule has 0 aliphatic rings. The van der Waals surface area contributed by atoms with E-state index in [1.807, 2.05) is 0 Å². The van der Waals surface area contributed by atoms with Crippen LogP contribution in [0.25, 0.3) is 11.4 Å². The first-order valence-corrected chi connectivity index (χ1v) is 9.97. The Morgan fingerprint density at radius 1 is 0.655 bits per heavy atom. The van der Waals surface area contributed by atoms with Crippen molar-refractivity contribution in [3.05, 3.63) is 66.1 Å². The molecule has 4 rings (SSSR count). The van der Waals surface area contributed by atoms with E-state index in [0.717, 1.165) is 0 Å². The molecule has 0 fully saturated rings. The second-order valence-corrected chi connectivity index (χ2v) is 7.91. The van der Waals surface area contributed by atoms with E-state index in [0.29, 0.717) is 33.1 Å². The molecule has 2 aromatic carbocycles. The number of hydrogen-bond donors (Lipinski definition) is 0. The van der Waals surface area contributed by atoms with Crippen LogP contribution in [0.15, 0.2) is 24.3 Å². The van der Waals surface area contributed by atoms with E-state index in [1.54, 1.807) is 18.2 Å². The third kappa shape index (κ3) is 3.76. The van der Waals surface area contributed by atoms with Gasteiger partial charge in [0.15, 0.2) is 11.6 Å². The zero-order chi connectivity index (χ0) is 20.7. The Balaban J connectivity index is 1.76. The highest BCUT2D eigenvalue weighted by Crippen LogP contribution is 2.39. The summed E-state index contributed by atoms with van der Waals surface area (Å²) in [5, 5.41) is 24.6. The van der Waals surface area contributed by atoms with Crippen LogP contribution in [0.2, 0.25) is 30.1 Å². The monoisotopic (exact) mass is 508 g/mol. The highest BCUT2D eigenvalue weighted by molar-refractivity contribution is 6.52. The molecule has 0 aliphatic heterocycles. The molecule has 0 aliphatic carbocycles. The molecule has 0 unspecified atom stereocenters. The van der Waals surface area contributed by atoms with E-state index in [2.05, 4.69) is 31.1 Å². The van der Waals surface area contributed by atoms with Gasteiger partial charge in [0.05, 0.1) is 47.9 Å². The molecular weight excluding hydrogens is 505 g/mol. The minimum absolute atomic E-state index is 0.0906.